The fourth-order valence-electron chi connectivity index (χ4n) is 5.94. The van der Waals surface area contributed by atoms with Crippen LogP contribution in [0.2, 0.25) is 0 Å². The molecule has 0 saturated carbocycles. The minimum Gasteiger partial charge on any atom is -0.618 e. The zero-order chi connectivity index (χ0) is 30.1. The van der Waals surface area contributed by atoms with Crippen molar-refractivity contribution in [3.05, 3.63) is 136 Å². The topological polar surface area (TPSA) is 103 Å². The van der Waals surface area contributed by atoms with E-state index in [9.17, 15) is 24.3 Å². The molecule has 3 aromatic carbocycles. The van der Waals surface area contributed by atoms with E-state index in [-0.39, 0.29) is 29.0 Å². The quantitative estimate of drug-likeness (QED) is 0.150. The van der Waals surface area contributed by atoms with Gasteiger partial charge in [0.05, 0.1) is 12.5 Å². The molecular formula is C35H27FN2O5. The van der Waals surface area contributed by atoms with Crippen LogP contribution in [0, 0.1) is 16.9 Å². The third-order valence-electron chi connectivity index (χ3n) is 7.96. The van der Waals surface area contributed by atoms with Crippen LogP contribution in [0.4, 0.5) is 4.39 Å². The van der Waals surface area contributed by atoms with Crippen LogP contribution in [0.25, 0.3) is 27.1 Å². The fraction of sp³-hybridized carbons (Fsp3) is 0.143. The molecule has 2 aromatic heterocycles. The average molecular weight is 575 g/mol. The van der Waals surface area contributed by atoms with Gasteiger partial charge in [-0.1, -0.05) is 54.1 Å². The van der Waals surface area contributed by atoms with Crippen LogP contribution < -0.4 is 4.73 Å². The number of aromatic nitrogens is 2. The zero-order valence-corrected chi connectivity index (χ0v) is 23.3. The number of benzene rings is 3. The lowest BCUT2D eigenvalue weighted by atomic mass is 9.71. The second kappa shape index (κ2) is 11.5. The third kappa shape index (κ3) is 5.12. The van der Waals surface area contributed by atoms with Crippen molar-refractivity contribution in [3.63, 3.8) is 0 Å². The number of rotatable bonds is 3. The highest BCUT2D eigenvalue weighted by Gasteiger charge is 2.35. The Labute approximate surface area is 246 Å². The summed E-state index contributed by atoms with van der Waals surface area (Å²) in [5.41, 5.74) is 4.68. The van der Waals surface area contributed by atoms with E-state index < -0.39 is 5.97 Å². The lowest BCUT2D eigenvalue weighted by Gasteiger charge is -2.31. The molecule has 0 saturated heterocycles. The molecule has 43 heavy (non-hydrogen) atoms. The van der Waals surface area contributed by atoms with Crippen molar-refractivity contribution in [2.75, 3.05) is 7.11 Å². The summed E-state index contributed by atoms with van der Waals surface area (Å²) in [6.45, 7) is 0. The first kappa shape index (κ1) is 27.8. The van der Waals surface area contributed by atoms with Gasteiger partial charge in [0.2, 0.25) is 0 Å². The molecule has 0 spiro atoms. The van der Waals surface area contributed by atoms with Gasteiger partial charge < -0.3 is 15.1 Å². The number of esters is 1. The Kier molecular flexibility index (Phi) is 7.42. The summed E-state index contributed by atoms with van der Waals surface area (Å²) < 4.78 is 18.4. The van der Waals surface area contributed by atoms with Gasteiger partial charge in [-0.3, -0.25) is 9.78 Å². The molecule has 8 heteroatoms. The average Bonchev–Trinajstić information content (AvgIpc) is 3.03. The minimum absolute atomic E-state index is 0.0163. The van der Waals surface area contributed by atoms with E-state index in [4.69, 9.17) is 0 Å². The smallest absolute Gasteiger partial charge is 0.405 e. The lowest BCUT2D eigenvalue weighted by molar-refractivity contribution is -0.606. The van der Waals surface area contributed by atoms with Crippen LogP contribution >= 0.6 is 0 Å². The predicted molar refractivity (Wildman–Crippen MR) is 161 cm³/mol. The molecule has 5 aromatic rings. The second-order valence-electron chi connectivity index (χ2n) is 10.4. The Morgan fingerprint density at radius 3 is 2.70 bits per heavy atom. The Bertz CT molecular complexity index is 1960. The SMILES string of the molecule is COC(=O)c1c2ccncc2cc[n+]1[O-].O=C1c2c(ccc3cccc(O)c23)C2=C(CCC=C2)C1Cc1ccc(F)cc1. The highest BCUT2D eigenvalue weighted by Crippen LogP contribution is 2.45. The van der Waals surface area contributed by atoms with Gasteiger partial charge in [-0.15, -0.1) is 0 Å². The highest BCUT2D eigenvalue weighted by atomic mass is 19.1. The zero-order valence-electron chi connectivity index (χ0n) is 23.3. The summed E-state index contributed by atoms with van der Waals surface area (Å²) in [5, 5.41) is 24.7. The van der Waals surface area contributed by atoms with Crippen molar-refractivity contribution in [3.8, 4) is 5.75 Å². The molecule has 0 fully saturated rings. The van der Waals surface area contributed by atoms with Crippen molar-refractivity contribution in [2.45, 2.75) is 19.3 Å². The molecule has 2 aliphatic rings. The Hall–Kier alpha value is -5.37. The van der Waals surface area contributed by atoms with Gasteiger partial charge >= 0.3 is 11.7 Å². The fourth-order valence-corrected chi connectivity index (χ4v) is 5.94. The number of aromatic hydroxyl groups is 1. The molecule has 1 unspecified atom stereocenters. The van der Waals surface area contributed by atoms with Crippen molar-refractivity contribution in [1.82, 2.24) is 4.98 Å². The van der Waals surface area contributed by atoms with E-state index in [1.54, 1.807) is 42.6 Å². The number of halogens is 1. The van der Waals surface area contributed by atoms with E-state index in [0.29, 0.717) is 27.5 Å². The van der Waals surface area contributed by atoms with E-state index in [1.165, 1.54) is 31.6 Å². The molecule has 214 valence electrons. The molecule has 2 heterocycles. The van der Waals surface area contributed by atoms with Gasteiger partial charge in [0.25, 0.3) is 0 Å². The Balaban J connectivity index is 0.000000185. The molecule has 1 atom stereocenters. The highest BCUT2D eigenvalue weighted by molar-refractivity contribution is 6.18. The van der Waals surface area contributed by atoms with Crippen LogP contribution in [0.1, 0.15) is 44.8 Å². The first-order valence-electron chi connectivity index (χ1n) is 13.8. The molecule has 2 aliphatic carbocycles. The van der Waals surface area contributed by atoms with Crippen LogP contribution in [-0.2, 0) is 11.2 Å². The normalized spacial score (nSPS) is 15.5. The van der Waals surface area contributed by atoms with Gasteiger partial charge in [-0.05, 0) is 65.6 Å². The lowest BCUT2D eigenvalue weighted by Crippen LogP contribution is -2.34. The first-order chi connectivity index (χ1) is 20.9. The maximum atomic E-state index is 13.7. The van der Waals surface area contributed by atoms with E-state index in [0.717, 1.165) is 45.9 Å². The number of ketones is 1. The van der Waals surface area contributed by atoms with Gasteiger partial charge in [0.1, 0.15) is 11.6 Å². The number of hydrogen-bond acceptors (Lipinski definition) is 6. The molecule has 1 N–H and O–H groups in total. The Morgan fingerprint density at radius 1 is 1.09 bits per heavy atom. The first-order valence-corrected chi connectivity index (χ1v) is 13.8. The summed E-state index contributed by atoms with van der Waals surface area (Å²) in [6.07, 6.45) is 10.9. The maximum absolute atomic E-state index is 13.7. The Morgan fingerprint density at radius 2 is 1.91 bits per heavy atom. The van der Waals surface area contributed by atoms with Crippen LogP contribution in [0.3, 0.4) is 0 Å². The summed E-state index contributed by atoms with van der Waals surface area (Å²) >= 11 is 0. The third-order valence-corrected chi connectivity index (χ3v) is 7.96. The van der Waals surface area contributed by atoms with Gasteiger partial charge in [0.15, 0.2) is 12.0 Å². The number of allylic oxidation sites excluding steroid dienone is 4. The molecule has 7 rings (SSSR count). The van der Waals surface area contributed by atoms with Gasteiger partial charge in [0, 0.05) is 40.7 Å². The number of hydrogen-bond donors (Lipinski definition) is 1. The van der Waals surface area contributed by atoms with Crippen LogP contribution in [0.5, 0.6) is 5.75 Å². The summed E-state index contributed by atoms with van der Waals surface area (Å²) in [7, 11) is 1.24. The van der Waals surface area contributed by atoms with Crippen molar-refractivity contribution in [2.24, 2.45) is 5.92 Å². The predicted octanol–water partition coefficient (Wildman–Crippen LogP) is 6.50. The number of fused-ring (bicyclic) bond motifs is 5. The van der Waals surface area contributed by atoms with Crippen LogP contribution in [-0.4, -0.2) is 29.0 Å². The number of ether oxygens (including phenoxy) is 1. The second-order valence-corrected chi connectivity index (χ2v) is 10.4. The standard InChI is InChI=1S/C25H19FO2.C10H8N2O3/c26-17-11-8-15(9-12-17)14-21-19-6-2-1-5-18(19)20-13-10-16-4-3-7-22(27)23(16)24(20)25(21)28;1-15-10(13)9-8-2-4-11-6-7(8)3-5-12(9)14/h1,3-5,7-13,21,27H,2,6,14H2;2-6H,1H3. The number of phenolic OH excluding ortho intramolecular Hbond substituents is 1. The summed E-state index contributed by atoms with van der Waals surface area (Å²) in [5.74, 6) is -1.04. The number of carbonyl (C=O) groups excluding carboxylic acids is 2. The molecule has 0 amide bonds. The number of Topliss-reactive ketones (excluding diaryl/α,β-unsaturated/α-hetero) is 1. The molecule has 7 nitrogen and oxygen atoms in total. The van der Waals surface area contributed by atoms with Gasteiger partial charge in [-0.2, -0.15) is 4.73 Å². The van der Waals surface area contributed by atoms with Crippen molar-refractivity contribution >= 4 is 38.9 Å². The number of pyridine rings is 2. The van der Waals surface area contributed by atoms with Gasteiger partial charge in [-0.25, -0.2) is 9.18 Å². The minimum atomic E-state index is -0.651. The molecule has 0 aliphatic heterocycles. The van der Waals surface area contributed by atoms with Crippen LogP contribution in [0.15, 0.2) is 103 Å². The van der Waals surface area contributed by atoms with E-state index >= 15 is 0 Å². The maximum Gasteiger partial charge on any atom is 0.405 e. The van der Waals surface area contributed by atoms with E-state index in [2.05, 4.69) is 21.9 Å². The van der Waals surface area contributed by atoms with E-state index in [1.807, 2.05) is 18.2 Å². The monoisotopic (exact) mass is 574 g/mol. The molecule has 0 bridgehead atoms. The number of methoxy groups -OCH3 is 1. The number of phenols is 1. The van der Waals surface area contributed by atoms with Crippen molar-refractivity contribution in [1.29, 1.82) is 0 Å². The van der Waals surface area contributed by atoms with Crippen molar-refractivity contribution < 1.29 is 28.6 Å². The summed E-state index contributed by atoms with van der Waals surface area (Å²) in [6, 6.07) is 18.9. The molecule has 0 radical (unpaired) electrons. The number of nitrogens with zero attached hydrogens (tertiary/aromatic N) is 2. The molecular weight excluding hydrogens is 547 g/mol. The number of carbonyl (C=O) groups is 2. The summed E-state index contributed by atoms with van der Waals surface area (Å²) in [4.78, 5) is 29.0. The largest absolute Gasteiger partial charge is 0.618 e.